The number of carbonyl (C=O) groups is 3. The highest BCUT2D eigenvalue weighted by molar-refractivity contribution is 5.89. The number of aliphatic carboxylic acids is 1. The molecule has 2 atom stereocenters. The van der Waals surface area contributed by atoms with Crippen molar-refractivity contribution in [2.45, 2.75) is 45.6 Å². The largest absolute Gasteiger partial charge is 0.480 e. The van der Waals surface area contributed by atoms with Gasteiger partial charge in [0.25, 0.3) is 0 Å². The van der Waals surface area contributed by atoms with Crippen LogP contribution in [0.25, 0.3) is 0 Å². The Morgan fingerprint density at radius 1 is 1.44 bits per heavy atom. The standard InChI is InChI=1S/C12H20N2O4/c1-12(2)5-3-4-7(12)10(16)14-8(11(17)18)6-9(13)15/h7-8H,3-6H2,1-2H3,(H2,13,15)(H,14,16)(H,17,18)/t7?,8-/m1/s1. The van der Waals surface area contributed by atoms with Gasteiger partial charge in [-0.15, -0.1) is 0 Å². The van der Waals surface area contributed by atoms with Crippen molar-refractivity contribution in [2.24, 2.45) is 17.1 Å². The molecule has 0 heterocycles. The van der Waals surface area contributed by atoms with E-state index in [0.29, 0.717) is 0 Å². The molecule has 6 heteroatoms. The molecule has 0 saturated heterocycles. The summed E-state index contributed by atoms with van der Waals surface area (Å²) in [5.74, 6) is -2.48. The van der Waals surface area contributed by atoms with Gasteiger partial charge in [0.2, 0.25) is 11.8 Å². The second kappa shape index (κ2) is 5.37. The van der Waals surface area contributed by atoms with Crippen LogP contribution in [0, 0.1) is 11.3 Å². The average molecular weight is 256 g/mol. The summed E-state index contributed by atoms with van der Waals surface area (Å²) in [5.41, 5.74) is 4.83. The average Bonchev–Trinajstić information content (AvgIpc) is 2.56. The molecule has 6 nitrogen and oxygen atoms in total. The molecule has 0 aliphatic heterocycles. The van der Waals surface area contributed by atoms with Gasteiger partial charge in [-0.3, -0.25) is 9.59 Å². The Bertz CT molecular complexity index is 365. The number of hydrogen-bond acceptors (Lipinski definition) is 3. The highest BCUT2D eigenvalue weighted by Crippen LogP contribution is 2.42. The van der Waals surface area contributed by atoms with Crippen LogP contribution in [-0.4, -0.2) is 28.9 Å². The molecular formula is C12H20N2O4. The fourth-order valence-corrected chi connectivity index (χ4v) is 2.49. The third-order valence-corrected chi connectivity index (χ3v) is 3.59. The van der Waals surface area contributed by atoms with Crippen molar-refractivity contribution in [1.29, 1.82) is 0 Å². The maximum Gasteiger partial charge on any atom is 0.326 e. The van der Waals surface area contributed by atoms with Gasteiger partial charge in [-0.25, -0.2) is 4.79 Å². The maximum absolute atomic E-state index is 12.0. The Hall–Kier alpha value is -1.59. The molecule has 1 unspecified atom stereocenters. The summed E-state index contributed by atoms with van der Waals surface area (Å²) in [7, 11) is 0. The second-order valence-electron chi connectivity index (χ2n) is 5.50. The van der Waals surface area contributed by atoms with Crippen LogP contribution in [0.15, 0.2) is 0 Å². The Labute approximate surface area is 106 Å². The first-order valence-electron chi connectivity index (χ1n) is 6.05. The smallest absolute Gasteiger partial charge is 0.326 e. The first-order valence-corrected chi connectivity index (χ1v) is 6.05. The van der Waals surface area contributed by atoms with Gasteiger partial charge < -0.3 is 16.2 Å². The van der Waals surface area contributed by atoms with Gasteiger partial charge >= 0.3 is 5.97 Å². The van der Waals surface area contributed by atoms with Crippen LogP contribution in [0.4, 0.5) is 0 Å². The van der Waals surface area contributed by atoms with Crippen molar-refractivity contribution >= 4 is 17.8 Å². The molecule has 102 valence electrons. The minimum Gasteiger partial charge on any atom is -0.480 e. The number of amides is 2. The number of carbonyl (C=O) groups excluding carboxylic acids is 2. The molecule has 1 saturated carbocycles. The summed E-state index contributed by atoms with van der Waals surface area (Å²) in [4.78, 5) is 33.7. The second-order valence-corrected chi connectivity index (χ2v) is 5.50. The van der Waals surface area contributed by atoms with Crippen molar-refractivity contribution in [3.05, 3.63) is 0 Å². The fourth-order valence-electron chi connectivity index (χ4n) is 2.49. The van der Waals surface area contributed by atoms with Crippen LogP contribution in [0.3, 0.4) is 0 Å². The molecule has 1 aliphatic carbocycles. The summed E-state index contributed by atoms with van der Waals surface area (Å²) < 4.78 is 0. The van der Waals surface area contributed by atoms with Gasteiger partial charge in [-0.2, -0.15) is 0 Å². The van der Waals surface area contributed by atoms with E-state index in [-0.39, 0.29) is 23.7 Å². The molecule has 4 N–H and O–H groups in total. The lowest BCUT2D eigenvalue weighted by atomic mass is 9.81. The van der Waals surface area contributed by atoms with Gasteiger partial charge in [-0.05, 0) is 18.3 Å². The van der Waals surface area contributed by atoms with E-state index in [1.165, 1.54) is 0 Å². The minimum atomic E-state index is -1.24. The molecular weight excluding hydrogens is 236 g/mol. The Morgan fingerprint density at radius 2 is 2.06 bits per heavy atom. The van der Waals surface area contributed by atoms with E-state index in [4.69, 9.17) is 10.8 Å². The molecule has 0 radical (unpaired) electrons. The van der Waals surface area contributed by atoms with E-state index >= 15 is 0 Å². The fraction of sp³-hybridized carbons (Fsp3) is 0.750. The van der Waals surface area contributed by atoms with Gasteiger partial charge in [-0.1, -0.05) is 20.3 Å². The van der Waals surface area contributed by atoms with E-state index in [9.17, 15) is 14.4 Å². The van der Waals surface area contributed by atoms with E-state index in [1.807, 2.05) is 13.8 Å². The molecule has 0 aromatic heterocycles. The van der Waals surface area contributed by atoms with E-state index in [2.05, 4.69) is 5.32 Å². The van der Waals surface area contributed by atoms with Crippen molar-refractivity contribution in [1.82, 2.24) is 5.32 Å². The zero-order chi connectivity index (χ0) is 13.9. The lowest BCUT2D eigenvalue weighted by Gasteiger charge is -2.27. The van der Waals surface area contributed by atoms with Crippen molar-refractivity contribution in [2.75, 3.05) is 0 Å². The Kier molecular flexibility index (Phi) is 4.32. The van der Waals surface area contributed by atoms with Crippen LogP contribution in [0.2, 0.25) is 0 Å². The normalized spacial score (nSPS) is 23.3. The number of carboxylic acid groups (broad SMARTS) is 1. The molecule has 0 aromatic rings. The summed E-state index contributed by atoms with van der Waals surface area (Å²) in [6.45, 7) is 3.99. The first-order chi connectivity index (χ1) is 8.24. The highest BCUT2D eigenvalue weighted by Gasteiger charge is 2.40. The van der Waals surface area contributed by atoms with Gasteiger partial charge in [0.1, 0.15) is 6.04 Å². The molecule has 0 bridgehead atoms. The lowest BCUT2D eigenvalue weighted by Crippen LogP contribution is -2.47. The van der Waals surface area contributed by atoms with Crippen LogP contribution < -0.4 is 11.1 Å². The zero-order valence-corrected chi connectivity index (χ0v) is 10.7. The van der Waals surface area contributed by atoms with Gasteiger partial charge in [0.15, 0.2) is 0 Å². The molecule has 1 rings (SSSR count). The highest BCUT2D eigenvalue weighted by atomic mass is 16.4. The first kappa shape index (κ1) is 14.5. The van der Waals surface area contributed by atoms with Crippen molar-refractivity contribution in [3.63, 3.8) is 0 Å². The molecule has 1 fully saturated rings. The SMILES string of the molecule is CC1(C)CCCC1C(=O)N[C@H](CC(N)=O)C(=O)O. The number of nitrogens with one attached hydrogen (secondary N) is 1. The minimum absolute atomic E-state index is 0.125. The number of primary amides is 1. The summed E-state index contributed by atoms with van der Waals surface area (Å²) in [6.07, 6.45) is 2.27. The molecule has 18 heavy (non-hydrogen) atoms. The number of hydrogen-bond donors (Lipinski definition) is 3. The van der Waals surface area contributed by atoms with Crippen LogP contribution in [0.1, 0.15) is 39.5 Å². The van der Waals surface area contributed by atoms with E-state index < -0.39 is 17.9 Å². The van der Waals surface area contributed by atoms with Crippen molar-refractivity contribution < 1.29 is 19.5 Å². The predicted molar refractivity (Wildman–Crippen MR) is 64.5 cm³/mol. The van der Waals surface area contributed by atoms with Gasteiger partial charge in [0, 0.05) is 5.92 Å². The van der Waals surface area contributed by atoms with Crippen LogP contribution >= 0.6 is 0 Å². The predicted octanol–water partition coefficient (Wildman–Crippen LogP) is 0.258. The van der Waals surface area contributed by atoms with E-state index in [0.717, 1.165) is 19.3 Å². The quantitative estimate of drug-likeness (QED) is 0.655. The number of nitrogens with two attached hydrogens (primary N) is 1. The Morgan fingerprint density at radius 3 is 2.44 bits per heavy atom. The third-order valence-electron chi connectivity index (χ3n) is 3.59. The maximum atomic E-state index is 12.0. The topological polar surface area (TPSA) is 109 Å². The Balaban J connectivity index is 2.67. The zero-order valence-electron chi connectivity index (χ0n) is 10.7. The molecule has 0 aromatic carbocycles. The summed E-state index contributed by atoms with van der Waals surface area (Å²) >= 11 is 0. The van der Waals surface area contributed by atoms with Crippen LogP contribution in [0.5, 0.6) is 0 Å². The summed E-state index contributed by atoms with van der Waals surface area (Å²) in [5, 5.41) is 11.3. The lowest BCUT2D eigenvalue weighted by molar-refractivity contribution is -0.144. The molecule has 1 aliphatic rings. The van der Waals surface area contributed by atoms with Gasteiger partial charge in [0.05, 0.1) is 6.42 Å². The third kappa shape index (κ3) is 3.45. The van der Waals surface area contributed by atoms with E-state index in [1.54, 1.807) is 0 Å². The summed E-state index contributed by atoms with van der Waals surface area (Å²) in [6, 6.07) is -1.23. The van der Waals surface area contributed by atoms with Crippen LogP contribution in [-0.2, 0) is 14.4 Å². The van der Waals surface area contributed by atoms with Crippen molar-refractivity contribution in [3.8, 4) is 0 Å². The molecule has 0 spiro atoms. The monoisotopic (exact) mass is 256 g/mol. The number of rotatable bonds is 5. The molecule has 2 amide bonds. The number of carboxylic acids is 1.